The number of benzene rings is 1. The maximum atomic E-state index is 13.3. The molecule has 160 valence electrons. The lowest BCUT2D eigenvalue weighted by Crippen LogP contribution is -2.49. The van der Waals surface area contributed by atoms with E-state index in [1.165, 1.54) is 6.92 Å². The Bertz CT molecular complexity index is 1130. The fourth-order valence-corrected chi connectivity index (χ4v) is 6.58. The molecule has 1 N–H and O–H groups in total. The molecule has 2 atom stereocenters. The van der Waals surface area contributed by atoms with Crippen LogP contribution in [0.25, 0.3) is 10.2 Å². The number of sulfonamides is 1. The third-order valence-electron chi connectivity index (χ3n) is 5.32. The molecule has 1 saturated heterocycles. The number of carbonyl (C=O) groups excluding carboxylic acids is 1. The summed E-state index contributed by atoms with van der Waals surface area (Å²) >= 11 is 1.59. The van der Waals surface area contributed by atoms with Crippen LogP contribution in [-0.2, 0) is 14.8 Å². The van der Waals surface area contributed by atoms with Gasteiger partial charge in [-0.25, -0.2) is 13.4 Å². The van der Waals surface area contributed by atoms with E-state index in [9.17, 15) is 13.2 Å². The Morgan fingerprint density at radius 1 is 1.30 bits per heavy atom. The maximum absolute atomic E-state index is 13.3. The maximum Gasteiger partial charge on any atom is 0.246 e. The number of aromatic nitrogens is 2. The number of aryl methyl sites for hydroxylation is 2. The summed E-state index contributed by atoms with van der Waals surface area (Å²) < 4.78 is 34.2. The number of fused-ring (bicyclic) bond motifs is 1. The monoisotopic (exact) mass is 448 g/mol. The molecule has 0 aliphatic carbocycles. The first-order valence-electron chi connectivity index (χ1n) is 9.89. The average Bonchev–Trinajstić information content (AvgIpc) is 3.30. The molecular formula is C20H24N4O4S2. The van der Waals surface area contributed by atoms with Crippen molar-refractivity contribution >= 4 is 37.5 Å². The molecule has 30 heavy (non-hydrogen) atoms. The molecule has 10 heteroatoms. The summed E-state index contributed by atoms with van der Waals surface area (Å²) in [7, 11) is -3.93. The van der Waals surface area contributed by atoms with E-state index in [0.29, 0.717) is 6.54 Å². The zero-order valence-electron chi connectivity index (χ0n) is 17.1. The SMILES string of the molecule is Cc1noc(C)c1S(=O)(=O)N[C@@H](C)C(=O)N1CCCCC1c1nc2ccccc2s1. The summed E-state index contributed by atoms with van der Waals surface area (Å²) in [4.78, 5) is 19.7. The number of hydrogen-bond acceptors (Lipinski definition) is 7. The molecule has 4 rings (SSSR count). The Morgan fingerprint density at radius 2 is 2.07 bits per heavy atom. The third kappa shape index (κ3) is 3.86. The van der Waals surface area contributed by atoms with E-state index in [2.05, 4.69) is 9.88 Å². The van der Waals surface area contributed by atoms with Crippen molar-refractivity contribution in [3.63, 3.8) is 0 Å². The topological polar surface area (TPSA) is 105 Å². The van der Waals surface area contributed by atoms with Gasteiger partial charge in [0.2, 0.25) is 15.9 Å². The highest BCUT2D eigenvalue weighted by atomic mass is 32.2. The fourth-order valence-electron chi connectivity index (χ4n) is 3.93. The summed E-state index contributed by atoms with van der Waals surface area (Å²) in [6, 6.07) is 6.84. The highest BCUT2D eigenvalue weighted by Gasteiger charge is 2.35. The molecular weight excluding hydrogens is 424 g/mol. The lowest BCUT2D eigenvalue weighted by Gasteiger charge is -2.36. The predicted octanol–water partition coefficient (Wildman–Crippen LogP) is 3.32. The molecule has 8 nitrogen and oxygen atoms in total. The highest BCUT2D eigenvalue weighted by Crippen LogP contribution is 2.36. The standard InChI is InChI=1S/C20H24N4O4S2/c1-12-18(14(3)28-22-12)30(26,27)23-13(2)20(25)24-11-7-6-9-16(24)19-21-15-8-4-5-10-17(15)29-19/h4-5,8,10,13,16,23H,6-7,9,11H2,1-3H3/t13-,16?/m0/s1. The largest absolute Gasteiger partial charge is 0.360 e. The molecule has 0 bridgehead atoms. The summed E-state index contributed by atoms with van der Waals surface area (Å²) in [6.07, 6.45) is 2.70. The quantitative estimate of drug-likeness (QED) is 0.642. The second-order valence-corrected chi connectivity index (χ2v) is 10.3. The van der Waals surface area contributed by atoms with E-state index in [0.717, 1.165) is 34.5 Å². The number of amides is 1. The van der Waals surface area contributed by atoms with Gasteiger partial charge in [-0.15, -0.1) is 11.3 Å². The number of rotatable bonds is 5. The van der Waals surface area contributed by atoms with Crippen molar-refractivity contribution in [2.24, 2.45) is 0 Å². The van der Waals surface area contributed by atoms with Crippen LogP contribution >= 0.6 is 11.3 Å². The van der Waals surface area contributed by atoms with Gasteiger partial charge >= 0.3 is 0 Å². The molecule has 1 aromatic carbocycles. The van der Waals surface area contributed by atoms with Crippen LogP contribution < -0.4 is 4.72 Å². The minimum Gasteiger partial charge on any atom is -0.360 e. The molecule has 1 unspecified atom stereocenters. The molecule has 0 spiro atoms. The number of likely N-dealkylation sites (tertiary alicyclic amines) is 1. The Hall–Kier alpha value is -2.30. The molecule has 3 heterocycles. The summed E-state index contributed by atoms with van der Waals surface area (Å²) in [6.45, 7) is 5.25. The van der Waals surface area contributed by atoms with E-state index in [-0.39, 0.29) is 28.3 Å². The Balaban J connectivity index is 1.57. The van der Waals surface area contributed by atoms with Gasteiger partial charge in [0.05, 0.1) is 22.3 Å². The normalized spacial score (nSPS) is 18.6. The van der Waals surface area contributed by atoms with E-state index < -0.39 is 16.1 Å². The molecule has 3 aromatic rings. The van der Waals surface area contributed by atoms with Crippen LogP contribution in [0.1, 0.15) is 48.7 Å². The first-order valence-corrected chi connectivity index (χ1v) is 12.2. The van der Waals surface area contributed by atoms with Crippen molar-refractivity contribution in [2.75, 3.05) is 6.54 Å². The van der Waals surface area contributed by atoms with Gasteiger partial charge in [0.15, 0.2) is 5.76 Å². The number of hydrogen-bond donors (Lipinski definition) is 1. The van der Waals surface area contributed by atoms with Gasteiger partial charge in [0.1, 0.15) is 15.6 Å². The molecule has 1 amide bonds. The first kappa shape index (κ1) is 21.0. The predicted molar refractivity (Wildman–Crippen MR) is 114 cm³/mol. The molecule has 0 saturated carbocycles. The summed E-state index contributed by atoms with van der Waals surface area (Å²) in [5.41, 5.74) is 1.19. The Morgan fingerprint density at radius 3 is 2.77 bits per heavy atom. The van der Waals surface area contributed by atoms with Crippen LogP contribution in [0.2, 0.25) is 0 Å². The van der Waals surface area contributed by atoms with Gasteiger partial charge in [-0.3, -0.25) is 4.79 Å². The number of nitrogens with one attached hydrogen (secondary N) is 1. The third-order valence-corrected chi connectivity index (χ3v) is 8.24. The fraction of sp³-hybridized carbons (Fsp3) is 0.450. The Labute approximate surface area is 179 Å². The van der Waals surface area contributed by atoms with Crippen molar-refractivity contribution in [1.29, 1.82) is 0 Å². The molecule has 0 radical (unpaired) electrons. The molecule has 1 aliphatic rings. The van der Waals surface area contributed by atoms with Crippen molar-refractivity contribution in [3.05, 3.63) is 40.7 Å². The summed E-state index contributed by atoms with van der Waals surface area (Å²) in [5, 5.41) is 4.59. The molecule has 1 aliphatic heterocycles. The highest BCUT2D eigenvalue weighted by molar-refractivity contribution is 7.89. The van der Waals surface area contributed by atoms with E-state index in [4.69, 9.17) is 9.51 Å². The minimum atomic E-state index is -3.93. The van der Waals surface area contributed by atoms with E-state index >= 15 is 0 Å². The van der Waals surface area contributed by atoms with Gasteiger partial charge in [0, 0.05) is 6.54 Å². The van der Waals surface area contributed by atoms with Gasteiger partial charge in [-0.2, -0.15) is 4.72 Å². The van der Waals surface area contributed by atoms with Crippen LogP contribution in [0.5, 0.6) is 0 Å². The average molecular weight is 449 g/mol. The van der Waals surface area contributed by atoms with Crippen molar-refractivity contribution in [2.45, 2.75) is 57.0 Å². The van der Waals surface area contributed by atoms with E-state index in [1.807, 2.05) is 24.3 Å². The van der Waals surface area contributed by atoms with Gasteiger partial charge < -0.3 is 9.42 Å². The summed E-state index contributed by atoms with van der Waals surface area (Å²) in [5.74, 6) is -0.0562. The zero-order chi connectivity index (χ0) is 21.5. The Kier molecular flexibility index (Phi) is 5.65. The van der Waals surface area contributed by atoms with Crippen LogP contribution in [0.4, 0.5) is 0 Å². The van der Waals surface area contributed by atoms with Crippen molar-refractivity contribution in [1.82, 2.24) is 19.8 Å². The lowest BCUT2D eigenvalue weighted by molar-refractivity contribution is -0.136. The zero-order valence-corrected chi connectivity index (χ0v) is 18.7. The van der Waals surface area contributed by atoms with Crippen molar-refractivity contribution in [3.8, 4) is 0 Å². The number of thiazole rings is 1. The van der Waals surface area contributed by atoms with Crippen LogP contribution in [0.3, 0.4) is 0 Å². The number of carbonyl (C=O) groups is 1. The second-order valence-electron chi connectivity index (χ2n) is 7.56. The number of para-hydroxylation sites is 1. The number of nitrogens with zero attached hydrogens (tertiary/aromatic N) is 3. The van der Waals surface area contributed by atoms with Gasteiger partial charge in [-0.1, -0.05) is 17.3 Å². The van der Waals surface area contributed by atoms with Crippen LogP contribution in [0.15, 0.2) is 33.7 Å². The molecule has 1 fully saturated rings. The van der Waals surface area contributed by atoms with Crippen LogP contribution in [0, 0.1) is 13.8 Å². The lowest BCUT2D eigenvalue weighted by atomic mass is 10.0. The van der Waals surface area contributed by atoms with Crippen molar-refractivity contribution < 1.29 is 17.7 Å². The molecule has 2 aromatic heterocycles. The second kappa shape index (κ2) is 8.09. The van der Waals surface area contributed by atoms with Gasteiger partial charge in [-0.05, 0) is 52.2 Å². The van der Waals surface area contributed by atoms with E-state index in [1.54, 1.807) is 30.1 Å². The first-order chi connectivity index (χ1) is 14.3. The van der Waals surface area contributed by atoms with Gasteiger partial charge in [0.25, 0.3) is 0 Å². The number of piperidine rings is 1. The minimum absolute atomic E-state index is 0.0106. The smallest absolute Gasteiger partial charge is 0.246 e. The van der Waals surface area contributed by atoms with Crippen LogP contribution in [-0.4, -0.2) is 42.0 Å².